The highest BCUT2D eigenvalue weighted by molar-refractivity contribution is 6.30. The van der Waals surface area contributed by atoms with Gasteiger partial charge < -0.3 is 0 Å². The Balaban J connectivity index is 2.01. The molecule has 0 aliphatic rings. The summed E-state index contributed by atoms with van der Waals surface area (Å²) in [6.07, 6.45) is 7.06. The largest absolute Gasteiger partial charge is 0.236 e. The first-order valence-corrected chi connectivity index (χ1v) is 6.32. The third-order valence-corrected chi connectivity index (χ3v) is 3.12. The Morgan fingerprint density at radius 3 is 2.70 bits per heavy atom. The fourth-order valence-corrected chi connectivity index (χ4v) is 2.00. The van der Waals surface area contributed by atoms with Crippen LogP contribution in [-0.2, 0) is 0 Å². The van der Waals surface area contributed by atoms with E-state index in [0.717, 1.165) is 11.3 Å². The summed E-state index contributed by atoms with van der Waals surface area (Å²) in [5.41, 5.74) is 2.91. The van der Waals surface area contributed by atoms with E-state index >= 15 is 0 Å². The lowest BCUT2D eigenvalue weighted by Crippen LogP contribution is -1.94. The van der Waals surface area contributed by atoms with E-state index in [9.17, 15) is 0 Å². The van der Waals surface area contributed by atoms with Crippen molar-refractivity contribution >= 4 is 29.4 Å². The fraction of sp³-hybridized carbons (Fsp3) is 0. The predicted molar refractivity (Wildman–Crippen MR) is 78.1 cm³/mol. The monoisotopic (exact) mass is 280 g/mol. The van der Waals surface area contributed by atoms with E-state index in [2.05, 4.69) is 16.2 Å². The lowest BCUT2D eigenvalue weighted by Gasteiger charge is -1.99. The minimum absolute atomic E-state index is 0.465. The second kappa shape index (κ2) is 5.16. The molecule has 0 saturated carbocycles. The first-order chi connectivity index (χ1) is 9.78. The molecule has 0 bridgehead atoms. The zero-order chi connectivity index (χ0) is 13.9. The van der Waals surface area contributed by atoms with Gasteiger partial charge in [-0.25, -0.2) is 9.50 Å². The summed E-state index contributed by atoms with van der Waals surface area (Å²) in [7, 11) is 0. The first-order valence-electron chi connectivity index (χ1n) is 5.94. The number of benzene rings is 1. The molecule has 0 N–H and O–H groups in total. The molecule has 0 fully saturated rings. The number of hydrogen-bond donors (Lipinski definition) is 0. The van der Waals surface area contributed by atoms with E-state index in [4.69, 9.17) is 16.9 Å². The third kappa shape index (κ3) is 2.27. The molecular formula is C15H9ClN4. The molecule has 5 heteroatoms. The van der Waals surface area contributed by atoms with E-state index in [1.54, 1.807) is 10.7 Å². The molecule has 0 saturated heterocycles. The highest BCUT2D eigenvalue weighted by Crippen LogP contribution is 2.14. The van der Waals surface area contributed by atoms with E-state index in [-0.39, 0.29) is 0 Å². The van der Waals surface area contributed by atoms with Crippen LogP contribution in [0.15, 0.2) is 42.7 Å². The normalized spacial score (nSPS) is 11.0. The van der Waals surface area contributed by atoms with Crippen molar-refractivity contribution in [3.05, 3.63) is 64.6 Å². The molecule has 0 atom stereocenters. The van der Waals surface area contributed by atoms with Crippen molar-refractivity contribution in [3.63, 3.8) is 0 Å². The quantitative estimate of drug-likeness (QED) is 0.723. The molecule has 96 valence electrons. The summed E-state index contributed by atoms with van der Waals surface area (Å²) in [6, 6.07) is 11.5. The molecule has 3 aromatic rings. The van der Waals surface area contributed by atoms with Gasteiger partial charge in [0, 0.05) is 11.2 Å². The molecule has 0 spiro atoms. The highest BCUT2D eigenvalue weighted by Gasteiger charge is 2.05. The van der Waals surface area contributed by atoms with Crippen LogP contribution in [0.25, 0.3) is 17.8 Å². The van der Waals surface area contributed by atoms with Gasteiger partial charge in [-0.15, -0.1) is 0 Å². The van der Waals surface area contributed by atoms with Gasteiger partial charge in [0.2, 0.25) is 0 Å². The minimum atomic E-state index is 0.465. The molecule has 20 heavy (non-hydrogen) atoms. The van der Waals surface area contributed by atoms with Crippen molar-refractivity contribution in [1.82, 2.24) is 14.6 Å². The number of fused-ring (bicyclic) bond motifs is 1. The molecule has 0 aliphatic heterocycles. The van der Waals surface area contributed by atoms with Gasteiger partial charge in [-0.3, -0.25) is 0 Å². The van der Waals surface area contributed by atoms with Gasteiger partial charge in [0.1, 0.15) is 11.6 Å². The van der Waals surface area contributed by atoms with Gasteiger partial charge in [0.15, 0.2) is 5.65 Å². The summed E-state index contributed by atoms with van der Waals surface area (Å²) in [4.78, 5) is 4.17. The molecule has 0 aliphatic carbocycles. The number of aromatic nitrogens is 3. The number of hydrogen-bond acceptors (Lipinski definition) is 3. The molecule has 4 nitrogen and oxygen atoms in total. The van der Waals surface area contributed by atoms with Crippen LogP contribution in [0.4, 0.5) is 0 Å². The van der Waals surface area contributed by atoms with E-state index in [1.165, 1.54) is 6.20 Å². The number of halogens is 1. The molecule has 1 aromatic carbocycles. The summed E-state index contributed by atoms with van der Waals surface area (Å²) in [5, 5.41) is 13.9. The topological polar surface area (TPSA) is 54.0 Å². The van der Waals surface area contributed by atoms with Gasteiger partial charge >= 0.3 is 0 Å². The molecule has 2 aromatic heterocycles. The maximum atomic E-state index is 8.98. The van der Waals surface area contributed by atoms with Crippen LogP contribution < -0.4 is 0 Å². The molecule has 3 rings (SSSR count). The zero-order valence-corrected chi connectivity index (χ0v) is 11.1. The minimum Gasteiger partial charge on any atom is -0.236 e. The molecule has 2 heterocycles. The van der Waals surface area contributed by atoms with Crippen LogP contribution in [0.1, 0.15) is 16.8 Å². The summed E-state index contributed by atoms with van der Waals surface area (Å²) in [6.45, 7) is 0. The van der Waals surface area contributed by atoms with Gasteiger partial charge in [-0.1, -0.05) is 29.8 Å². The summed E-state index contributed by atoms with van der Waals surface area (Å²) in [5.74, 6) is 0. The Kier molecular flexibility index (Phi) is 3.20. The Bertz CT molecular complexity index is 825. The maximum Gasteiger partial charge on any atom is 0.173 e. The molecular weight excluding hydrogens is 272 g/mol. The van der Waals surface area contributed by atoms with Crippen LogP contribution in [0.5, 0.6) is 0 Å². The van der Waals surface area contributed by atoms with Crippen molar-refractivity contribution in [2.45, 2.75) is 0 Å². The standard InChI is InChI=1S/C15H9ClN4/c16-13-4-1-11(2-5-13)3-6-14-7-8-18-15-12(9-17)10-19-20(14)15/h1-8,10H/b6-3+. The third-order valence-electron chi connectivity index (χ3n) is 2.87. The molecule has 0 amide bonds. The second-order valence-corrected chi connectivity index (χ2v) is 4.60. The zero-order valence-electron chi connectivity index (χ0n) is 10.4. The van der Waals surface area contributed by atoms with E-state index < -0.39 is 0 Å². The smallest absolute Gasteiger partial charge is 0.173 e. The lowest BCUT2D eigenvalue weighted by molar-refractivity contribution is 0.927. The van der Waals surface area contributed by atoms with Gasteiger partial charge in [-0.05, 0) is 29.8 Å². The number of nitriles is 1. The van der Waals surface area contributed by atoms with Crippen molar-refractivity contribution in [2.75, 3.05) is 0 Å². The van der Waals surface area contributed by atoms with E-state index in [0.29, 0.717) is 16.2 Å². The van der Waals surface area contributed by atoms with Crippen LogP contribution in [0.3, 0.4) is 0 Å². The average Bonchev–Trinajstić information content (AvgIpc) is 2.90. The van der Waals surface area contributed by atoms with Crippen molar-refractivity contribution in [2.24, 2.45) is 0 Å². The van der Waals surface area contributed by atoms with Gasteiger partial charge in [-0.2, -0.15) is 10.4 Å². The second-order valence-electron chi connectivity index (χ2n) is 4.16. The summed E-state index contributed by atoms with van der Waals surface area (Å²) >= 11 is 5.85. The van der Waals surface area contributed by atoms with Crippen molar-refractivity contribution < 1.29 is 0 Å². The van der Waals surface area contributed by atoms with Crippen LogP contribution in [0, 0.1) is 11.3 Å². The van der Waals surface area contributed by atoms with Gasteiger partial charge in [0.05, 0.1) is 11.9 Å². The van der Waals surface area contributed by atoms with Crippen LogP contribution >= 0.6 is 11.6 Å². The fourth-order valence-electron chi connectivity index (χ4n) is 1.87. The van der Waals surface area contributed by atoms with Crippen molar-refractivity contribution in [1.29, 1.82) is 5.26 Å². The van der Waals surface area contributed by atoms with Gasteiger partial charge in [0.25, 0.3) is 0 Å². The van der Waals surface area contributed by atoms with Crippen LogP contribution in [0.2, 0.25) is 5.02 Å². The Morgan fingerprint density at radius 1 is 1.15 bits per heavy atom. The predicted octanol–water partition coefficient (Wildman–Crippen LogP) is 3.42. The molecule has 0 radical (unpaired) electrons. The Labute approximate surface area is 120 Å². The Hall–Kier alpha value is -2.64. The lowest BCUT2D eigenvalue weighted by atomic mass is 10.2. The molecule has 0 unspecified atom stereocenters. The Morgan fingerprint density at radius 2 is 1.95 bits per heavy atom. The number of rotatable bonds is 2. The van der Waals surface area contributed by atoms with Crippen LogP contribution in [-0.4, -0.2) is 14.6 Å². The summed E-state index contributed by atoms with van der Waals surface area (Å²) < 4.78 is 1.64. The average molecular weight is 281 g/mol. The highest BCUT2D eigenvalue weighted by atomic mass is 35.5. The van der Waals surface area contributed by atoms with E-state index in [1.807, 2.05) is 42.5 Å². The number of nitrogens with zero attached hydrogens (tertiary/aromatic N) is 4. The SMILES string of the molecule is N#Cc1cnn2c(/C=C/c3ccc(Cl)cc3)ccnc12. The maximum absolute atomic E-state index is 8.98. The first kappa shape index (κ1) is 12.4. The van der Waals surface area contributed by atoms with Crippen molar-refractivity contribution in [3.8, 4) is 6.07 Å².